The summed E-state index contributed by atoms with van der Waals surface area (Å²) in [5.74, 6) is -1.05. The molecule has 4 nitrogen and oxygen atoms in total. The highest BCUT2D eigenvalue weighted by Gasteiger charge is 2.35. The Morgan fingerprint density at radius 1 is 1.09 bits per heavy atom. The van der Waals surface area contributed by atoms with Crippen molar-refractivity contribution in [1.29, 1.82) is 0 Å². The molecule has 3 rings (SSSR count). The SMILES string of the molecule is FC(F)(F)c1nc(NCc2ccccn2)c2cc(Br)ccc2n1. The van der Waals surface area contributed by atoms with E-state index in [0.29, 0.717) is 11.1 Å². The average molecular weight is 383 g/mol. The highest BCUT2D eigenvalue weighted by molar-refractivity contribution is 9.10. The summed E-state index contributed by atoms with van der Waals surface area (Å²) in [5, 5.41) is 3.41. The maximum absolute atomic E-state index is 13.0. The Labute approximate surface area is 137 Å². The van der Waals surface area contributed by atoms with Crippen LogP contribution in [0.3, 0.4) is 0 Å². The summed E-state index contributed by atoms with van der Waals surface area (Å²) < 4.78 is 39.6. The number of alkyl halides is 3. The van der Waals surface area contributed by atoms with Gasteiger partial charge in [0.1, 0.15) is 5.82 Å². The molecule has 118 valence electrons. The van der Waals surface area contributed by atoms with Gasteiger partial charge in [0.2, 0.25) is 5.82 Å². The Bertz CT molecular complexity index is 837. The molecule has 2 aromatic heterocycles. The summed E-state index contributed by atoms with van der Waals surface area (Å²) in [7, 11) is 0. The number of nitrogens with zero attached hydrogens (tertiary/aromatic N) is 3. The second kappa shape index (κ2) is 6.11. The fourth-order valence-corrected chi connectivity index (χ4v) is 2.40. The smallest absolute Gasteiger partial charge is 0.364 e. The Balaban J connectivity index is 2.03. The minimum absolute atomic E-state index is 0.120. The molecule has 0 radical (unpaired) electrons. The molecule has 3 aromatic rings. The first-order valence-corrected chi connectivity index (χ1v) is 7.41. The van der Waals surface area contributed by atoms with Gasteiger partial charge in [-0.05, 0) is 30.3 Å². The normalized spacial score (nSPS) is 11.7. The van der Waals surface area contributed by atoms with E-state index in [-0.39, 0.29) is 17.9 Å². The molecule has 0 atom stereocenters. The average Bonchev–Trinajstić information content (AvgIpc) is 2.52. The number of rotatable bonds is 3. The third-order valence-corrected chi connectivity index (χ3v) is 3.57. The van der Waals surface area contributed by atoms with Crippen LogP contribution >= 0.6 is 15.9 Å². The van der Waals surface area contributed by atoms with Crippen molar-refractivity contribution in [3.05, 3.63) is 58.6 Å². The summed E-state index contributed by atoms with van der Waals surface area (Å²) in [5.41, 5.74) is 0.918. The van der Waals surface area contributed by atoms with Crippen molar-refractivity contribution >= 4 is 32.7 Å². The number of hydrogen-bond donors (Lipinski definition) is 1. The molecule has 0 unspecified atom stereocenters. The Hall–Kier alpha value is -2.22. The summed E-state index contributed by atoms with van der Waals surface area (Å²) in [6.07, 6.45) is -2.99. The van der Waals surface area contributed by atoms with Gasteiger partial charge in [-0.1, -0.05) is 22.0 Å². The number of nitrogens with one attached hydrogen (secondary N) is 1. The number of pyridine rings is 1. The summed E-state index contributed by atoms with van der Waals surface area (Å²) in [6.45, 7) is 0.261. The standard InChI is InChI=1S/C15H10BrF3N4/c16-9-4-5-12-11(7-9)13(23-14(22-12)15(17,18)19)21-8-10-3-1-2-6-20-10/h1-7H,8H2,(H,21,22,23). The van der Waals surface area contributed by atoms with E-state index in [1.165, 1.54) is 6.07 Å². The molecule has 0 aliphatic heterocycles. The molecule has 1 N–H and O–H groups in total. The highest BCUT2D eigenvalue weighted by atomic mass is 79.9. The highest BCUT2D eigenvalue weighted by Crippen LogP contribution is 2.31. The van der Waals surface area contributed by atoms with E-state index in [0.717, 1.165) is 4.47 Å². The predicted octanol–water partition coefficient (Wildman–Crippen LogP) is 4.42. The number of halogens is 4. The van der Waals surface area contributed by atoms with Gasteiger partial charge in [-0.2, -0.15) is 13.2 Å². The van der Waals surface area contributed by atoms with Crippen molar-refractivity contribution in [3.8, 4) is 0 Å². The van der Waals surface area contributed by atoms with Gasteiger partial charge in [-0.3, -0.25) is 4.98 Å². The molecule has 0 amide bonds. The van der Waals surface area contributed by atoms with E-state index >= 15 is 0 Å². The molecule has 0 aliphatic rings. The van der Waals surface area contributed by atoms with Crippen LogP contribution < -0.4 is 5.32 Å². The van der Waals surface area contributed by atoms with Gasteiger partial charge in [-0.15, -0.1) is 0 Å². The van der Waals surface area contributed by atoms with Crippen LogP contribution in [0.5, 0.6) is 0 Å². The first-order valence-electron chi connectivity index (χ1n) is 6.62. The van der Waals surface area contributed by atoms with Crippen LogP contribution in [0.15, 0.2) is 47.1 Å². The van der Waals surface area contributed by atoms with E-state index in [1.807, 2.05) is 0 Å². The van der Waals surface area contributed by atoms with Crippen molar-refractivity contribution in [2.45, 2.75) is 12.7 Å². The lowest BCUT2D eigenvalue weighted by atomic mass is 10.2. The molecular weight excluding hydrogens is 373 g/mol. The monoisotopic (exact) mass is 382 g/mol. The third-order valence-electron chi connectivity index (χ3n) is 3.07. The largest absolute Gasteiger partial charge is 0.451 e. The lowest BCUT2D eigenvalue weighted by Gasteiger charge is -2.12. The van der Waals surface area contributed by atoms with Crippen molar-refractivity contribution in [2.24, 2.45) is 0 Å². The van der Waals surface area contributed by atoms with E-state index < -0.39 is 12.0 Å². The van der Waals surface area contributed by atoms with Gasteiger partial charge >= 0.3 is 6.18 Å². The van der Waals surface area contributed by atoms with Crippen LogP contribution in [0, 0.1) is 0 Å². The van der Waals surface area contributed by atoms with Crippen LogP contribution in [0.1, 0.15) is 11.5 Å². The predicted molar refractivity (Wildman–Crippen MR) is 83.8 cm³/mol. The molecule has 0 aliphatic carbocycles. The van der Waals surface area contributed by atoms with Gasteiger partial charge in [-0.25, -0.2) is 9.97 Å². The Morgan fingerprint density at radius 2 is 1.91 bits per heavy atom. The van der Waals surface area contributed by atoms with Crippen molar-refractivity contribution in [1.82, 2.24) is 15.0 Å². The van der Waals surface area contributed by atoms with Gasteiger partial charge in [0.05, 0.1) is 17.8 Å². The molecule has 0 bridgehead atoms. The van der Waals surface area contributed by atoms with E-state index in [4.69, 9.17) is 0 Å². The molecule has 8 heteroatoms. The summed E-state index contributed by atoms with van der Waals surface area (Å²) in [4.78, 5) is 11.3. The number of fused-ring (bicyclic) bond motifs is 1. The molecule has 2 heterocycles. The van der Waals surface area contributed by atoms with E-state index in [1.54, 1.807) is 36.5 Å². The van der Waals surface area contributed by atoms with Gasteiger partial charge in [0.25, 0.3) is 0 Å². The fourth-order valence-electron chi connectivity index (χ4n) is 2.04. The number of anilines is 1. The van der Waals surface area contributed by atoms with Gasteiger partial charge in [0, 0.05) is 16.1 Å². The molecule has 1 aromatic carbocycles. The molecule has 0 fully saturated rings. The van der Waals surface area contributed by atoms with Gasteiger partial charge < -0.3 is 5.32 Å². The first-order chi connectivity index (χ1) is 10.9. The molecule has 23 heavy (non-hydrogen) atoms. The zero-order valence-electron chi connectivity index (χ0n) is 11.6. The number of benzene rings is 1. The minimum atomic E-state index is -4.61. The topological polar surface area (TPSA) is 50.7 Å². The summed E-state index contributed by atoms with van der Waals surface area (Å²) in [6, 6.07) is 10.2. The second-order valence-electron chi connectivity index (χ2n) is 4.73. The molecular formula is C15H10BrF3N4. The van der Waals surface area contributed by atoms with Crippen LogP contribution in [0.2, 0.25) is 0 Å². The first kappa shape index (κ1) is 15.7. The van der Waals surface area contributed by atoms with E-state index in [2.05, 4.69) is 36.2 Å². The molecule has 0 saturated heterocycles. The quantitative estimate of drug-likeness (QED) is 0.728. The zero-order valence-corrected chi connectivity index (χ0v) is 13.2. The maximum Gasteiger partial charge on any atom is 0.451 e. The van der Waals surface area contributed by atoms with Crippen molar-refractivity contribution in [2.75, 3.05) is 5.32 Å². The molecule has 0 spiro atoms. The van der Waals surface area contributed by atoms with Crippen LogP contribution in [-0.4, -0.2) is 15.0 Å². The van der Waals surface area contributed by atoms with Crippen LogP contribution in [0.4, 0.5) is 19.0 Å². The van der Waals surface area contributed by atoms with Crippen LogP contribution in [-0.2, 0) is 12.7 Å². The zero-order chi connectivity index (χ0) is 16.4. The summed E-state index contributed by atoms with van der Waals surface area (Å²) >= 11 is 3.30. The fraction of sp³-hybridized carbons (Fsp3) is 0.133. The second-order valence-corrected chi connectivity index (χ2v) is 5.65. The van der Waals surface area contributed by atoms with E-state index in [9.17, 15) is 13.2 Å². The molecule has 0 saturated carbocycles. The Kier molecular flexibility index (Phi) is 4.16. The maximum atomic E-state index is 13.0. The number of hydrogen-bond acceptors (Lipinski definition) is 4. The van der Waals surface area contributed by atoms with Crippen LogP contribution in [0.25, 0.3) is 10.9 Å². The Morgan fingerprint density at radius 3 is 2.61 bits per heavy atom. The van der Waals surface area contributed by atoms with Gasteiger partial charge in [0.15, 0.2) is 0 Å². The lowest BCUT2D eigenvalue weighted by Crippen LogP contribution is -2.14. The van der Waals surface area contributed by atoms with Crippen molar-refractivity contribution in [3.63, 3.8) is 0 Å². The minimum Gasteiger partial charge on any atom is -0.364 e. The number of aromatic nitrogens is 3. The lowest BCUT2D eigenvalue weighted by molar-refractivity contribution is -0.144. The van der Waals surface area contributed by atoms with Crippen molar-refractivity contribution < 1.29 is 13.2 Å². The third kappa shape index (κ3) is 3.58.